The highest BCUT2D eigenvalue weighted by Gasteiger charge is 2.08. The number of carbonyl (C=O) groups excluding carboxylic acids is 1. The highest BCUT2D eigenvalue weighted by atomic mass is 32.1. The van der Waals surface area contributed by atoms with E-state index in [0.29, 0.717) is 19.5 Å². The molecular weight excluding hydrogens is 276 g/mol. The van der Waals surface area contributed by atoms with E-state index >= 15 is 0 Å². The molecule has 5 nitrogen and oxygen atoms in total. The van der Waals surface area contributed by atoms with Crippen molar-refractivity contribution < 1.29 is 14.7 Å². The average molecular weight is 298 g/mol. The molecule has 0 aromatic carbocycles. The lowest BCUT2D eigenvalue weighted by atomic mass is 10.1. The van der Waals surface area contributed by atoms with E-state index in [1.54, 1.807) is 23.3 Å². The number of unbranched alkanes of at least 4 members (excludes halogenated alkanes) is 3. The van der Waals surface area contributed by atoms with Gasteiger partial charge in [0.2, 0.25) is 0 Å². The number of urea groups is 1. The van der Waals surface area contributed by atoms with Crippen LogP contribution in [0.25, 0.3) is 0 Å². The second kappa shape index (κ2) is 9.36. The third kappa shape index (κ3) is 7.13. The molecule has 1 heterocycles. The Hall–Kier alpha value is -1.56. The van der Waals surface area contributed by atoms with Crippen molar-refractivity contribution in [1.82, 2.24) is 10.2 Å². The van der Waals surface area contributed by atoms with Gasteiger partial charge >= 0.3 is 12.0 Å². The fraction of sp³-hybridized carbons (Fsp3) is 0.571. The van der Waals surface area contributed by atoms with Crippen LogP contribution in [-0.4, -0.2) is 35.6 Å². The minimum atomic E-state index is -0.742. The van der Waals surface area contributed by atoms with Crippen LogP contribution in [0.2, 0.25) is 0 Å². The summed E-state index contributed by atoms with van der Waals surface area (Å²) in [6, 6.07) is 3.92. The van der Waals surface area contributed by atoms with Gasteiger partial charge in [-0.15, -0.1) is 11.3 Å². The fourth-order valence-electron chi connectivity index (χ4n) is 1.79. The molecule has 20 heavy (non-hydrogen) atoms. The predicted octanol–water partition coefficient (Wildman–Crippen LogP) is 2.92. The molecule has 0 radical (unpaired) electrons. The van der Waals surface area contributed by atoms with E-state index in [-0.39, 0.29) is 12.5 Å². The predicted molar refractivity (Wildman–Crippen MR) is 79.9 cm³/mol. The van der Waals surface area contributed by atoms with Crippen molar-refractivity contribution in [2.24, 2.45) is 0 Å². The van der Waals surface area contributed by atoms with Crippen molar-refractivity contribution >= 4 is 23.3 Å². The number of amides is 2. The number of rotatable bonds is 9. The van der Waals surface area contributed by atoms with Crippen LogP contribution in [0.15, 0.2) is 17.5 Å². The van der Waals surface area contributed by atoms with E-state index in [0.717, 1.165) is 24.1 Å². The molecule has 112 valence electrons. The Balaban J connectivity index is 2.03. The van der Waals surface area contributed by atoms with Gasteiger partial charge in [0.15, 0.2) is 0 Å². The van der Waals surface area contributed by atoms with Gasteiger partial charge in [-0.1, -0.05) is 18.9 Å². The van der Waals surface area contributed by atoms with E-state index < -0.39 is 5.97 Å². The number of hydrogen-bond acceptors (Lipinski definition) is 3. The molecule has 6 heteroatoms. The van der Waals surface area contributed by atoms with Gasteiger partial charge in [-0.05, 0) is 24.3 Å². The second-order valence-corrected chi connectivity index (χ2v) is 5.76. The summed E-state index contributed by atoms with van der Waals surface area (Å²) in [5.41, 5.74) is 0. The van der Waals surface area contributed by atoms with Gasteiger partial charge in [0, 0.05) is 24.9 Å². The van der Waals surface area contributed by atoms with Crippen LogP contribution in [-0.2, 0) is 11.3 Å². The first-order valence-electron chi connectivity index (χ1n) is 6.82. The standard InChI is InChI=1S/C14H22N2O3S/c1-16(11-12-7-6-10-20-12)14(19)15-9-5-3-2-4-8-13(17)18/h6-7,10H,2-5,8-9,11H2,1H3,(H,15,19)(H,17,18). The molecule has 2 N–H and O–H groups in total. The number of hydrogen-bond donors (Lipinski definition) is 2. The van der Waals surface area contributed by atoms with Gasteiger partial charge < -0.3 is 15.3 Å². The molecule has 0 aliphatic heterocycles. The first kappa shape index (κ1) is 16.5. The Bertz CT molecular complexity index is 407. The molecule has 0 aliphatic rings. The summed E-state index contributed by atoms with van der Waals surface area (Å²) in [6.07, 6.45) is 3.67. The molecule has 2 amide bonds. The number of aliphatic carboxylic acids is 1. The van der Waals surface area contributed by atoms with E-state index in [1.165, 1.54) is 0 Å². The van der Waals surface area contributed by atoms with Crippen molar-refractivity contribution in [3.63, 3.8) is 0 Å². The molecule has 0 unspecified atom stereocenters. The van der Waals surface area contributed by atoms with Crippen molar-refractivity contribution in [3.05, 3.63) is 22.4 Å². The maximum atomic E-state index is 11.8. The summed E-state index contributed by atoms with van der Waals surface area (Å²) < 4.78 is 0. The van der Waals surface area contributed by atoms with Gasteiger partial charge in [0.25, 0.3) is 0 Å². The molecule has 0 saturated carbocycles. The van der Waals surface area contributed by atoms with Crippen LogP contribution in [0.1, 0.15) is 37.0 Å². The van der Waals surface area contributed by atoms with E-state index in [4.69, 9.17) is 5.11 Å². The minimum absolute atomic E-state index is 0.0658. The first-order valence-corrected chi connectivity index (χ1v) is 7.70. The average Bonchev–Trinajstić information content (AvgIpc) is 2.89. The van der Waals surface area contributed by atoms with Gasteiger partial charge in [-0.3, -0.25) is 4.79 Å². The quantitative estimate of drug-likeness (QED) is 0.689. The molecule has 0 bridgehead atoms. The maximum Gasteiger partial charge on any atom is 0.317 e. The molecule has 0 saturated heterocycles. The number of nitrogens with zero attached hydrogens (tertiary/aromatic N) is 1. The van der Waals surface area contributed by atoms with Gasteiger partial charge in [0.1, 0.15) is 0 Å². The smallest absolute Gasteiger partial charge is 0.317 e. The zero-order valence-corrected chi connectivity index (χ0v) is 12.6. The lowest BCUT2D eigenvalue weighted by Crippen LogP contribution is -2.37. The summed E-state index contributed by atoms with van der Waals surface area (Å²) in [6.45, 7) is 1.27. The Morgan fingerprint density at radius 1 is 1.30 bits per heavy atom. The van der Waals surface area contributed by atoms with Crippen molar-refractivity contribution in [3.8, 4) is 0 Å². The Morgan fingerprint density at radius 3 is 2.70 bits per heavy atom. The Kier molecular flexibility index (Phi) is 7.72. The SMILES string of the molecule is CN(Cc1cccs1)C(=O)NCCCCCCC(=O)O. The summed E-state index contributed by atoms with van der Waals surface area (Å²) in [4.78, 5) is 24.9. The highest BCUT2D eigenvalue weighted by molar-refractivity contribution is 7.09. The fourth-order valence-corrected chi connectivity index (χ4v) is 2.55. The van der Waals surface area contributed by atoms with Gasteiger partial charge in [0.05, 0.1) is 6.54 Å². The van der Waals surface area contributed by atoms with E-state index in [1.807, 2.05) is 17.5 Å². The molecular formula is C14H22N2O3S. The number of carboxylic acids is 1. The van der Waals surface area contributed by atoms with Crippen LogP contribution in [0, 0.1) is 0 Å². The molecule has 1 aromatic heterocycles. The maximum absolute atomic E-state index is 11.8. The zero-order chi connectivity index (χ0) is 14.8. The van der Waals surface area contributed by atoms with E-state index in [9.17, 15) is 9.59 Å². The number of carboxylic acid groups (broad SMARTS) is 1. The normalized spacial score (nSPS) is 10.2. The largest absolute Gasteiger partial charge is 0.481 e. The van der Waals surface area contributed by atoms with E-state index in [2.05, 4.69) is 5.32 Å². The van der Waals surface area contributed by atoms with Gasteiger partial charge in [-0.25, -0.2) is 4.79 Å². The molecule has 0 aliphatic carbocycles. The molecule has 0 atom stereocenters. The van der Waals surface area contributed by atoms with Crippen molar-refractivity contribution in [2.75, 3.05) is 13.6 Å². The molecule has 1 rings (SSSR count). The molecule has 1 aromatic rings. The minimum Gasteiger partial charge on any atom is -0.481 e. The summed E-state index contributed by atoms with van der Waals surface area (Å²) in [5.74, 6) is -0.742. The first-order chi connectivity index (χ1) is 9.59. The monoisotopic (exact) mass is 298 g/mol. The second-order valence-electron chi connectivity index (χ2n) is 4.73. The molecule has 0 fully saturated rings. The number of nitrogens with one attached hydrogen (secondary N) is 1. The lowest BCUT2D eigenvalue weighted by molar-refractivity contribution is -0.137. The lowest BCUT2D eigenvalue weighted by Gasteiger charge is -2.17. The Labute approximate surface area is 123 Å². The summed E-state index contributed by atoms with van der Waals surface area (Å²) >= 11 is 1.64. The third-order valence-corrected chi connectivity index (χ3v) is 3.77. The number of carbonyl (C=O) groups is 2. The number of thiophene rings is 1. The molecule has 0 spiro atoms. The van der Waals surface area contributed by atoms with Crippen LogP contribution in [0.5, 0.6) is 0 Å². The van der Waals surface area contributed by atoms with Crippen LogP contribution in [0.3, 0.4) is 0 Å². The third-order valence-electron chi connectivity index (χ3n) is 2.91. The van der Waals surface area contributed by atoms with Crippen LogP contribution < -0.4 is 5.32 Å². The van der Waals surface area contributed by atoms with Gasteiger partial charge in [-0.2, -0.15) is 0 Å². The summed E-state index contributed by atoms with van der Waals surface area (Å²) in [5, 5.41) is 13.4. The van der Waals surface area contributed by atoms with Crippen LogP contribution >= 0.6 is 11.3 Å². The Morgan fingerprint density at radius 2 is 2.05 bits per heavy atom. The topological polar surface area (TPSA) is 69.6 Å². The zero-order valence-electron chi connectivity index (χ0n) is 11.8. The van der Waals surface area contributed by atoms with Crippen LogP contribution in [0.4, 0.5) is 4.79 Å². The van der Waals surface area contributed by atoms with Crippen molar-refractivity contribution in [2.45, 2.75) is 38.6 Å². The highest BCUT2D eigenvalue weighted by Crippen LogP contribution is 2.10. The van der Waals surface area contributed by atoms with Crippen molar-refractivity contribution in [1.29, 1.82) is 0 Å². The summed E-state index contributed by atoms with van der Waals surface area (Å²) in [7, 11) is 1.78.